The minimum atomic E-state index is -0.653. The quantitative estimate of drug-likeness (QED) is 0.663. The number of benzene rings is 2. The predicted molar refractivity (Wildman–Crippen MR) is 85.9 cm³/mol. The van der Waals surface area contributed by atoms with Gasteiger partial charge in [-0.2, -0.15) is 0 Å². The van der Waals surface area contributed by atoms with E-state index in [4.69, 9.17) is 14.7 Å². The Morgan fingerprint density at radius 2 is 1.88 bits per heavy atom. The van der Waals surface area contributed by atoms with Crippen LogP contribution in [-0.2, 0) is 0 Å². The number of fused-ring (bicyclic) bond motifs is 1. The second kappa shape index (κ2) is 6.59. The maximum Gasteiger partial charge on any atom is 0.274 e. The van der Waals surface area contributed by atoms with Crippen LogP contribution in [0.4, 0.5) is 5.69 Å². The van der Waals surface area contributed by atoms with Gasteiger partial charge in [-0.3, -0.25) is 14.8 Å². The van der Waals surface area contributed by atoms with Crippen molar-refractivity contribution in [3.05, 3.63) is 53.6 Å². The van der Waals surface area contributed by atoms with Crippen molar-refractivity contribution >= 4 is 17.5 Å². The Kier molecular flexibility index (Phi) is 4.35. The molecule has 3 rings (SSSR count). The van der Waals surface area contributed by atoms with Crippen molar-refractivity contribution in [3.63, 3.8) is 0 Å². The van der Waals surface area contributed by atoms with Gasteiger partial charge in [0.15, 0.2) is 0 Å². The van der Waals surface area contributed by atoms with Crippen LogP contribution >= 0.6 is 0 Å². The molecule has 0 fully saturated rings. The molecule has 0 aromatic heterocycles. The van der Waals surface area contributed by atoms with Crippen LogP contribution in [0.2, 0.25) is 0 Å². The Bertz CT molecular complexity index is 773. The molecule has 24 heavy (non-hydrogen) atoms. The van der Waals surface area contributed by atoms with Crippen LogP contribution in [0.15, 0.2) is 42.5 Å². The van der Waals surface area contributed by atoms with Gasteiger partial charge in [-0.05, 0) is 42.5 Å². The van der Waals surface area contributed by atoms with E-state index < -0.39 is 5.91 Å². The lowest BCUT2D eigenvalue weighted by atomic mass is 10.1. The highest BCUT2D eigenvalue weighted by Crippen LogP contribution is 2.33. The van der Waals surface area contributed by atoms with E-state index in [1.54, 1.807) is 47.8 Å². The molecule has 1 aliphatic heterocycles. The summed E-state index contributed by atoms with van der Waals surface area (Å²) in [6.07, 6.45) is 0. The largest absolute Gasteiger partial charge is 0.497 e. The van der Waals surface area contributed by atoms with Gasteiger partial charge in [0.25, 0.3) is 11.8 Å². The number of rotatable bonds is 3. The van der Waals surface area contributed by atoms with E-state index in [-0.39, 0.29) is 11.5 Å². The Hall–Kier alpha value is -3.06. The molecule has 1 heterocycles. The van der Waals surface area contributed by atoms with Gasteiger partial charge in [0.2, 0.25) is 0 Å². The molecule has 0 atom stereocenters. The van der Waals surface area contributed by atoms with E-state index in [0.717, 1.165) is 0 Å². The molecule has 1 aliphatic rings. The van der Waals surface area contributed by atoms with Crippen molar-refractivity contribution in [3.8, 4) is 11.5 Å². The van der Waals surface area contributed by atoms with Crippen LogP contribution in [0.5, 0.6) is 11.5 Å². The summed E-state index contributed by atoms with van der Waals surface area (Å²) in [6, 6.07) is 11.4. The highest BCUT2D eigenvalue weighted by Gasteiger charge is 2.26. The molecule has 2 amide bonds. The van der Waals surface area contributed by atoms with Gasteiger partial charge >= 0.3 is 0 Å². The Labute approximate surface area is 138 Å². The van der Waals surface area contributed by atoms with E-state index in [0.29, 0.717) is 35.9 Å². The van der Waals surface area contributed by atoms with Crippen molar-refractivity contribution in [2.75, 3.05) is 25.2 Å². The van der Waals surface area contributed by atoms with Crippen molar-refractivity contribution in [1.82, 2.24) is 5.48 Å². The number of anilines is 1. The first-order valence-corrected chi connectivity index (χ1v) is 7.31. The molecule has 0 bridgehead atoms. The van der Waals surface area contributed by atoms with Crippen LogP contribution in [-0.4, -0.2) is 37.3 Å². The number of hydroxylamine groups is 1. The minimum absolute atomic E-state index is 0.205. The summed E-state index contributed by atoms with van der Waals surface area (Å²) >= 11 is 0. The van der Waals surface area contributed by atoms with Gasteiger partial charge in [-0.25, -0.2) is 5.48 Å². The van der Waals surface area contributed by atoms with E-state index in [1.165, 1.54) is 12.1 Å². The number of nitrogens with one attached hydrogen (secondary N) is 1. The SMILES string of the molecule is COc1ccc(C(=O)N2CCOc3ccc(C(=O)NO)cc32)cc1. The number of carbonyl (C=O) groups is 2. The average Bonchev–Trinajstić information content (AvgIpc) is 2.66. The number of nitrogens with zero attached hydrogens (tertiary/aromatic N) is 1. The maximum atomic E-state index is 12.8. The molecule has 2 aromatic rings. The maximum absolute atomic E-state index is 12.8. The number of carbonyl (C=O) groups excluding carboxylic acids is 2. The molecule has 2 N–H and O–H groups in total. The third-order valence-corrected chi connectivity index (χ3v) is 3.77. The lowest BCUT2D eigenvalue weighted by Crippen LogP contribution is -2.38. The molecule has 124 valence electrons. The minimum Gasteiger partial charge on any atom is -0.497 e. The van der Waals surface area contributed by atoms with Crippen LogP contribution in [0.1, 0.15) is 20.7 Å². The fourth-order valence-corrected chi connectivity index (χ4v) is 2.52. The van der Waals surface area contributed by atoms with Gasteiger partial charge in [-0.1, -0.05) is 0 Å². The first kappa shape index (κ1) is 15.8. The highest BCUT2D eigenvalue weighted by atomic mass is 16.5. The van der Waals surface area contributed by atoms with Crippen molar-refractivity contribution < 1.29 is 24.3 Å². The van der Waals surface area contributed by atoms with Crippen molar-refractivity contribution in [1.29, 1.82) is 0 Å². The Balaban J connectivity index is 1.95. The van der Waals surface area contributed by atoms with Gasteiger partial charge in [0, 0.05) is 11.1 Å². The summed E-state index contributed by atoms with van der Waals surface area (Å²) in [5.74, 6) is 0.317. The summed E-state index contributed by atoms with van der Waals surface area (Å²) in [7, 11) is 1.56. The predicted octanol–water partition coefficient (Wildman–Crippen LogP) is 1.85. The molecule has 7 nitrogen and oxygen atoms in total. The second-order valence-electron chi connectivity index (χ2n) is 5.16. The van der Waals surface area contributed by atoms with Crippen molar-refractivity contribution in [2.45, 2.75) is 0 Å². The summed E-state index contributed by atoms with van der Waals surface area (Å²) in [5.41, 5.74) is 2.80. The number of hydrogen-bond acceptors (Lipinski definition) is 5. The molecule has 0 spiro atoms. The molecule has 0 radical (unpaired) electrons. The van der Waals surface area contributed by atoms with Crippen molar-refractivity contribution in [2.24, 2.45) is 0 Å². The normalized spacial score (nSPS) is 12.8. The van der Waals surface area contributed by atoms with Crippen LogP contribution in [0.25, 0.3) is 0 Å². The Morgan fingerprint density at radius 1 is 1.17 bits per heavy atom. The molecule has 0 aliphatic carbocycles. The zero-order chi connectivity index (χ0) is 17.1. The lowest BCUT2D eigenvalue weighted by molar-refractivity contribution is 0.0706. The van der Waals surface area contributed by atoms with Gasteiger partial charge in [0.05, 0.1) is 19.3 Å². The monoisotopic (exact) mass is 328 g/mol. The summed E-state index contributed by atoms with van der Waals surface area (Å²) in [5, 5.41) is 8.77. The zero-order valence-corrected chi connectivity index (χ0v) is 13.0. The molecule has 0 saturated heterocycles. The Morgan fingerprint density at radius 3 is 2.54 bits per heavy atom. The third-order valence-electron chi connectivity index (χ3n) is 3.77. The summed E-state index contributed by atoms with van der Waals surface area (Å²) in [4.78, 5) is 25.9. The number of methoxy groups -OCH3 is 1. The standard InChI is InChI=1S/C17H16N2O5/c1-23-13-5-2-11(3-6-13)17(21)19-8-9-24-15-7-4-12(10-14(15)19)16(20)18-22/h2-7,10,22H,8-9H2,1H3,(H,18,20). The molecule has 0 saturated carbocycles. The van der Waals surface area contributed by atoms with E-state index in [2.05, 4.69) is 0 Å². The fourth-order valence-electron chi connectivity index (χ4n) is 2.52. The molecule has 0 unspecified atom stereocenters. The smallest absolute Gasteiger partial charge is 0.274 e. The summed E-state index contributed by atoms with van der Waals surface area (Å²) < 4.78 is 10.6. The summed E-state index contributed by atoms with van der Waals surface area (Å²) in [6.45, 7) is 0.725. The second-order valence-corrected chi connectivity index (χ2v) is 5.16. The average molecular weight is 328 g/mol. The van der Waals surface area contributed by atoms with Crippen LogP contribution in [0, 0.1) is 0 Å². The highest BCUT2D eigenvalue weighted by molar-refractivity contribution is 6.08. The van der Waals surface area contributed by atoms with E-state index in [1.807, 2.05) is 0 Å². The van der Waals surface area contributed by atoms with Gasteiger partial charge in [0.1, 0.15) is 18.1 Å². The third kappa shape index (κ3) is 2.89. The first-order valence-electron chi connectivity index (χ1n) is 7.31. The van der Waals surface area contributed by atoms with Gasteiger partial charge < -0.3 is 14.4 Å². The van der Waals surface area contributed by atoms with E-state index in [9.17, 15) is 9.59 Å². The molecular weight excluding hydrogens is 312 g/mol. The number of hydrogen-bond donors (Lipinski definition) is 2. The molecule has 2 aromatic carbocycles. The lowest BCUT2D eigenvalue weighted by Gasteiger charge is -2.30. The topological polar surface area (TPSA) is 88.1 Å². The van der Waals surface area contributed by atoms with E-state index >= 15 is 0 Å². The molecule has 7 heteroatoms. The van der Waals surface area contributed by atoms with Gasteiger partial charge in [-0.15, -0.1) is 0 Å². The molecular formula is C17H16N2O5. The fraction of sp³-hybridized carbons (Fsp3) is 0.176. The number of ether oxygens (including phenoxy) is 2. The zero-order valence-electron chi connectivity index (χ0n) is 13.0. The van der Waals surface area contributed by atoms with Crippen LogP contribution in [0.3, 0.4) is 0 Å². The van der Waals surface area contributed by atoms with Crippen LogP contribution < -0.4 is 19.9 Å². The number of amides is 2. The first-order chi connectivity index (χ1) is 11.6.